The lowest BCUT2D eigenvalue weighted by Crippen LogP contribution is -1.97. The Morgan fingerprint density at radius 2 is 2.06 bits per heavy atom. The predicted octanol–water partition coefficient (Wildman–Crippen LogP) is 4.46. The fourth-order valence-corrected chi connectivity index (χ4v) is 3.46. The van der Waals surface area contributed by atoms with Crippen LogP contribution < -0.4 is 0 Å². The minimum Gasteiger partial charge on any atom is -0.251 e. The SMILES string of the molecule is SCc1c2c(nc3c(Cl)cc(Cl)cc13)CCC2. The first kappa shape index (κ1) is 11.6. The van der Waals surface area contributed by atoms with E-state index in [0.29, 0.717) is 15.8 Å². The molecule has 1 aliphatic carbocycles. The third-order valence-corrected chi connectivity index (χ3v) is 4.13. The van der Waals surface area contributed by atoms with E-state index in [2.05, 4.69) is 17.6 Å². The van der Waals surface area contributed by atoms with E-state index in [0.717, 1.165) is 23.7 Å². The molecular formula is C13H11Cl2NS. The summed E-state index contributed by atoms with van der Waals surface area (Å²) in [6, 6.07) is 3.70. The molecule has 88 valence electrons. The Hall–Kier alpha value is -0.440. The molecule has 0 fully saturated rings. The van der Waals surface area contributed by atoms with Crippen LogP contribution in [0.3, 0.4) is 0 Å². The Kier molecular flexibility index (Phi) is 2.97. The summed E-state index contributed by atoms with van der Waals surface area (Å²) in [4.78, 5) is 4.68. The van der Waals surface area contributed by atoms with E-state index in [9.17, 15) is 0 Å². The highest BCUT2D eigenvalue weighted by Crippen LogP contribution is 2.35. The van der Waals surface area contributed by atoms with Gasteiger partial charge in [-0.3, -0.25) is 4.98 Å². The van der Waals surface area contributed by atoms with Crippen LogP contribution >= 0.6 is 35.8 Å². The maximum Gasteiger partial charge on any atom is 0.0895 e. The van der Waals surface area contributed by atoms with Gasteiger partial charge in [0.2, 0.25) is 0 Å². The van der Waals surface area contributed by atoms with Crippen LogP contribution in [-0.2, 0) is 18.6 Å². The van der Waals surface area contributed by atoms with Crippen LogP contribution in [0.5, 0.6) is 0 Å². The third-order valence-electron chi connectivity index (χ3n) is 3.31. The first-order valence-electron chi connectivity index (χ1n) is 5.61. The van der Waals surface area contributed by atoms with Crippen LogP contribution in [0.2, 0.25) is 10.0 Å². The normalized spacial score (nSPS) is 14.3. The van der Waals surface area contributed by atoms with Crippen LogP contribution in [0.1, 0.15) is 23.2 Å². The highest BCUT2D eigenvalue weighted by molar-refractivity contribution is 7.79. The van der Waals surface area contributed by atoms with Crippen molar-refractivity contribution in [1.29, 1.82) is 0 Å². The highest BCUT2D eigenvalue weighted by atomic mass is 35.5. The number of hydrogen-bond donors (Lipinski definition) is 1. The van der Waals surface area contributed by atoms with E-state index < -0.39 is 0 Å². The van der Waals surface area contributed by atoms with Crippen molar-refractivity contribution in [2.45, 2.75) is 25.0 Å². The molecule has 0 saturated heterocycles. The molecule has 17 heavy (non-hydrogen) atoms. The first-order chi connectivity index (χ1) is 8.20. The number of aromatic nitrogens is 1. The number of aryl methyl sites for hydroxylation is 1. The van der Waals surface area contributed by atoms with E-state index in [1.54, 1.807) is 6.07 Å². The summed E-state index contributed by atoms with van der Waals surface area (Å²) < 4.78 is 0. The predicted molar refractivity (Wildman–Crippen MR) is 76.5 cm³/mol. The fraction of sp³-hybridized carbons (Fsp3) is 0.308. The number of fused-ring (bicyclic) bond motifs is 2. The fourth-order valence-electron chi connectivity index (χ4n) is 2.56. The molecule has 1 nitrogen and oxygen atoms in total. The molecule has 1 aromatic heterocycles. The van der Waals surface area contributed by atoms with Gasteiger partial charge in [-0.1, -0.05) is 23.2 Å². The van der Waals surface area contributed by atoms with E-state index >= 15 is 0 Å². The van der Waals surface area contributed by atoms with Gasteiger partial charge >= 0.3 is 0 Å². The Bertz CT molecular complexity index is 610. The lowest BCUT2D eigenvalue weighted by Gasteiger charge is -2.11. The number of benzene rings is 1. The van der Waals surface area contributed by atoms with Crippen LogP contribution in [0.4, 0.5) is 0 Å². The van der Waals surface area contributed by atoms with Gasteiger partial charge in [0.25, 0.3) is 0 Å². The van der Waals surface area contributed by atoms with Crippen LogP contribution in [0, 0.1) is 0 Å². The number of nitrogens with zero attached hydrogens (tertiary/aromatic N) is 1. The van der Waals surface area contributed by atoms with Gasteiger partial charge in [0.1, 0.15) is 0 Å². The zero-order valence-electron chi connectivity index (χ0n) is 9.13. The molecule has 1 aromatic carbocycles. The molecule has 0 unspecified atom stereocenters. The second kappa shape index (κ2) is 4.34. The highest BCUT2D eigenvalue weighted by Gasteiger charge is 2.20. The van der Waals surface area contributed by atoms with Crippen LogP contribution in [-0.4, -0.2) is 4.98 Å². The molecule has 0 atom stereocenters. The summed E-state index contributed by atoms with van der Waals surface area (Å²) >= 11 is 16.7. The van der Waals surface area contributed by atoms with Crippen molar-refractivity contribution in [2.24, 2.45) is 0 Å². The van der Waals surface area contributed by atoms with Crippen molar-refractivity contribution >= 4 is 46.7 Å². The molecule has 1 heterocycles. The number of rotatable bonds is 1. The lowest BCUT2D eigenvalue weighted by atomic mass is 10.0. The standard InChI is InChI=1S/C13H11Cl2NS/c14-7-4-9-10(6-17)8-2-1-3-12(8)16-13(9)11(15)5-7/h4-5,17H,1-3,6H2. The summed E-state index contributed by atoms with van der Waals surface area (Å²) in [5.41, 5.74) is 4.65. The molecule has 0 bridgehead atoms. The van der Waals surface area contributed by atoms with Gasteiger partial charge < -0.3 is 0 Å². The molecule has 0 spiro atoms. The monoisotopic (exact) mass is 283 g/mol. The number of halogens is 2. The van der Waals surface area contributed by atoms with Crippen molar-refractivity contribution in [3.8, 4) is 0 Å². The smallest absolute Gasteiger partial charge is 0.0895 e. The Balaban J connectivity index is 2.45. The van der Waals surface area contributed by atoms with E-state index in [4.69, 9.17) is 23.2 Å². The average molecular weight is 284 g/mol. The molecule has 3 rings (SSSR count). The molecule has 0 radical (unpaired) electrons. The summed E-state index contributed by atoms with van der Waals surface area (Å²) in [5.74, 6) is 0.706. The maximum atomic E-state index is 6.22. The molecule has 1 aliphatic rings. The van der Waals surface area contributed by atoms with Gasteiger partial charge in [0.05, 0.1) is 10.5 Å². The minimum atomic E-state index is 0.630. The number of pyridine rings is 1. The van der Waals surface area contributed by atoms with Crippen LogP contribution in [0.25, 0.3) is 10.9 Å². The van der Waals surface area contributed by atoms with Crippen molar-refractivity contribution in [2.75, 3.05) is 0 Å². The molecule has 4 heteroatoms. The molecule has 0 aliphatic heterocycles. The summed E-state index contributed by atoms with van der Waals surface area (Å²) in [5, 5.41) is 2.34. The Labute approximate surface area is 116 Å². The van der Waals surface area contributed by atoms with Crippen LogP contribution in [0.15, 0.2) is 12.1 Å². The summed E-state index contributed by atoms with van der Waals surface area (Å²) in [6.45, 7) is 0. The topological polar surface area (TPSA) is 12.9 Å². The summed E-state index contributed by atoms with van der Waals surface area (Å²) in [6.07, 6.45) is 3.31. The quantitative estimate of drug-likeness (QED) is 0.763. The molecular weight excluding hydrogens is 273 g/mol. The van der Waals surface area contributed by atoms with Crippen molar-refractivity contribution in [3.63, 3.8) is 0 Å². The van der Waals surface area contributed by atoms with Crippen molar-refractivity contribution in [3.05, 3.63) is 39.0 Å². The Morgan fingerprint density at radius 1 is 1.24 bits per heavy atom. The second-order valence-corrected chi connectivity index (χ2v) is 5.47. The van der Waals surface area contributed by atoms with E-state index in [1.807, 2.05) is 6.07 Å². The largest absolute Gasteiger partial charge is 0.251 e. The van der Waals surface area contributed by atoms with Gasteiger partial charge in [-0.15, -0.1) is 0 Å². The van der Waals surface area contributed by atoms with Crippen molar-refractivity contribution in [1.82, 2.24) is 4.98 Å². The van der Waals surface area contributed by atoms with Crippen molar-refractivity contribution < 1.29 is 0 Å². The zero-order chi connectivity index (χ0) is 12.0. The molecule has 0 N–H and O–H groups in total. The van der Waals surface area contributed by atoms with E-state index in [1.165, 1.54) is 23.2 Å². The lowest BCUT2D eigenvalue weighted by molar-refractivity contribution is 0.900. The minimum absolute atomic E-state index is 0.630. The second-order valence-electron chi connectivity index (χ2n) is 4.31. The van der Waals surface area contributed by atoms with E-state index in [-0.39, 0.29) is 0 Å². The molecule has 2 aromatic rings. The molecule has 0 amide bonds. The number of thiol groups is 1. The third kappa shape index (κ3) is 1.83. The first-order valence-corrected chi connectivity index (χ1v) is 7.00. The zero-order valence-corrected chi connectivity index (χ0v) is 11.5. The maximum absolute atomic E-state index is 6.22. The average Bonchev–Trinajstić information content (AvgIpc) is 2.74. The number of hydrogen-bond acceptors (Lipinski definition) is 2. The Morgan fingerprint density at radius 3 is 2.82 bits per heavy atom. The van der Waals surface area contributed by atoms with Gasteiger partial charge in [-0.05, 0) is 42.5 Å². The van der Waals surface area contributed by atoms with Gasteiger partial charge in [0.15, 0.2) is 0 Å². The summed E-state index contributed by atoms with van der Waals surface area (Å²) in [7, 11) is 0. The van der Waals surface area contributed by atoms with Gasteiger partial charge in [-0.25, -0.2) is 0 Å². The molecule has 0 saturated carbocycles. The van der Waals surface area contributed by atoms with Gasteiger partial charge in [-0.2, -0.15) is 12.6 Å². The van der Waals surface area contributed by atoms with Gasteiger partial charge in [0, 0.05) is 21.9 Å².